The zero-order valence-corrected chi connectivity index (χ0v) is 20.0. The third kappa shape index (κ3) is 2.75. The zero-order chi connectivity index (χ0) is 23.1. The summed E-state index contributed by atoms with van der Waals surface area (Å²) in [5.41, 5.74) is 5.91. The number of aliphatic hydroxyl groups is 1. The molecule has 3 heterocycles. The number of fused-ring (bicyclic) bond motifs is 2. The first kappa shape index (κ1) is 20.7. The summed E-state index contributed by atoms with van der Waals surface area (Å²) in [6.45, 7) is 4.25. The molecule has 0 radical (unpaired) electrons. The van der Waals surface area contributed by atoms with Crippen molar-refractivity contribution in [3.05, 3.63) is 70.8 Å². The highest BCUT2D eigenvalue weighted by Crippen LogP contribution is 2.58. The maximum absolute atomic E-state index is 12.8. The average molecular weight is 457 g/mol. The van der Waals surface area contributed by atoms with Crippen LogP contribution in [-0.2, 0) is 24.7 Å². The van der Waals surface area contributed by atoms with E-state index in [9.17, 15) is 5.11 Å². The predicted molar refractivity (Wildman–Crippen MR) is 130 cm³/mol. The van der Waals surface area contributed by atoms with Crippen molar-refractivity contribution in [1.82, 2.24) is 19.7 Å². The number of benzene rings is 1. The summed E-state index contributed by atoms with van der Waals surface area (Å²) < 4.78 is 7.73. The molecule has 3 aliphatic carbocycles. The van der Waals surface area contributed by atoms with Crippen LogP contribution in [0.2, 0.25) is 0 Å². The van der Waals surface area contributed by atoms with Crippen molar-refractivity contribution >= 4 is 0 Å². The SMILES string of the molecule is COc1ccc2c(c1)[C@]13CCN(CC4CC4)[C@H](C2)[C@]1(O)Cc1c(C)nn(-c2cccnc2)c1C3. The Balaban J connectivity index is 1.43. The minimum Gasteiger partial charge on any atom is -0.497 e. The molecular formula is C28H32N4O2. The number of nitrogens with zero attached hydrogens (tertiary/aromatic N) is 4. The van der Waals surface area contributed by atoms with Gasteiger partial charge in [0.2, 0.25) is 0 Å². The van der Waals surface area contributed by atoms with Gasteiger partial charge in [0.05, 0.1) is 30.3 Å². The Labute approximate surface area is 200 Å². The first-order chi connectivity index (χ1) is 16.5. The molecule has 2 aromatic heterocycles. The molecule has 6 heteroatoms. The van der Waals surface area contributed by atoms with E-state index in [-0.39, 0.29) is 11.5 Å². The second-order valence-corrected chi connectivity index (χ2v) is 10.9. The Morgan fingerprint density at radius 1 is 1.21 bits per heavy atom. The highest BCUT2D eigenvalue weighted by Gasteiger charge is 2.65. The minimum absolute atomic E-state index is 0.136. The molecule has 0 spiro atoms. The number of aryl methyl sites for hydroxylation is 1. The summed E-state index contributed by atoms with van der Waals surface area (Å²) in [5.74, 6) is 1.68. The molecule has 1 saturated heterocycles. The summed E-state index contributed by atoms with van der Waals surface area (Å²) in [7, 11) is 1.73. The number of piperidine rings is 1. The van der Waals surface area contributed by atoms with Gasteiger partial charge in [-0.05, 0) is 86.0 Å². The molecule has 7 rings (SSSR count). The van der Waals surface area contributed by atoms with Gasteiger partial charge in [-0.15, -0.1) is 0 Å². The molecule has 1 aliphatic heterocycles. The summed E-state index contributed by atoms with van der Waals surface area (Å²) in [5, 5.41) is 17.8. The van der Waals surface area contributed by atoms with Gasteiger partial charge in [-0.3, -0.25) is 9.88 Å². The van der Waals surface area contributed by atoms with Crippen LogP contribution in [0.25, 0.3) is 5.69 Å². The van der Waals surface area contributed by atoms with Crippen molar-refractivity contribution in [3.8, 4) is 11.4 Å². The number of methoxy groups -OCH3 is 1. The number of pyridine rings is 1. The number of hydrogen-bond donors (Lipinski definition) is 1. The molecule has 1 saturated carbocycles. The van der Waals surface area contributed by atoms with E-state index in [4.69, 9.17) is 9.84 Å². The second-order valence-electron chi connectivity index (χ2n) is 10.9. The molecule has 2 fully saturated rings. The number of rotatable bonds is 4. The van der Waals surface area contributed by atoms with Gasteiger partial charge in [-0.2, -0.15) is 5.10 Å². The van der Waals surface area contributed by atoms with Gasteiger partial charge in [-0.25, -0.2) is 4.68 Å². The van der Waals surface area contributed by atoms with Gasteiger partial charge in [0.1, 0.15) is 5.75 Å². The van der Waals surface area contributed by atoms with Crippen LogP contribution in [0.1, 0.15) is 47.3 Å². The normalized spacial score (nSPS) is 29.8. The molecule has 1 N–H and O–H groups in total. The largest absolute Gasteiger partial charge is 0.497 e. The Kier molecular flexibility index (Phi) is 4.35. The lowest BCUT2D eigenvalue weighted by molar-refractivity contribution is -0.152. The third-order valence-corrected chi connectivity index (χ3v) is 9.18. The molecular weight excluding hydrogens is 424 g/mol. The van der Waals surface area contributed by atoms with Crippen molar-refractivity contribution in [2.24, 2.45) is 5.92 Å². The number of ether oxygens (including phenoxy) is 1. The Bertz CT molecular complexity index is 1270. The Morgan fingerprint density at radius 2 is 2.09 bits per heavy atom. The molecule has 0 unspecified atom stereocenters. The van der Waals surface area contributed by atoms with Crippen LogP contribution in [0.5, 0.6) is 5.75 Å². The van der Waals surface area contributed by atoms with Crippen molar-refractivity contribution in [3.63, 3.8) is 0 Å². The summed E-state index contributed by atoms with van der Waals surface area (Å²) in [4.78, 5) is 6.96. The minimum atomic E-state index is -0.819. The van der Waals surface area contributed by atoms with Crippen LogP contribution in [0, 0.1) is 12.8 Å². The lowest BCUT2D eigenvalue weighted by Gasteiger charge is -2.63. The molecule has 6 nitrogen and oxygen atoms in total. The maximum atomic E-state index is 12.8. The molecule has 1 aromatic carbocycles. The van der Waals surface area contributed by atoms with Crippen LogP contribution < -0.4 is 4.74 Å². The third-order valence-electron chi connectivity index (χ3n) is 9.18. The first-order valence-corrected chi connectivity index (χ1v) is 12.6. The quantitative estimate of drug-likeness (QED) is 0.652. The van der Waals surface area contributed by atoms with Crippen LogP contribution >= 0.6 is 0 Å². The molecule has 3 aromatic rings. The van der Waals surface area contributed by atoms with E-state index in [0.717, 1.165) is 55.4 Å². The monoisotopic (exact) mass is 456 g/mol. The van der Waals surface area contributed by atoms with E-state index in [1.807, 2.05) is 12.3 Å². The van der Waals surface area contributed by atoms with Crippen molar-refractivity contribution in [2.75, 3.05) is 20.2 Å². The van der Waals surface area contributed by atoms with E-state index in [1.54, 1.807) is 13.3 Å². The van der Waals surface area contributed by atoms with E-state index in [0.29, 0.717) is 6.42 Å². The summed E-state index contributed by atoms with van der Waals surface area (Å²) in [6.07, 6.45) is 9.62. The first-order valence-electron chi connectivity index (χ1n) is 12.6. The van der Waals surface area contributed by atoms with E-state index < -0.39 is 5.60 Å². The fraction of sp³-hybridized carbons (Fsp3) is 0.500. The fourth-order valence-corrected chi connectivity index (χ4v) is 7.25. The van der Waals surface area contributed by atoms with Crippen LogP contribution in [0.15, 0.2) is 42.7 Å². The second kappa shape index (κ2) is 7.15. The van der Waals surface area contributed by atoms with E-state index >= 15 is 0 Å². The summed E-state index contributed by atoms with van der Waals surface area (Å²) in [6, 6.07) is 10.7. The van der Waals surface area contributed by atoms with Gasteiger partial charge in [0.25, 0.3) is 0 Å². The lowest BCUT2D eigenvalue weighted by Crippen LogP contribution is -2.74. The molecule has 0 amide bonds. The lowest BCUT2D eigenvalue weighted by atomic mass is 9.49. The van der Waals surface area contributed by atoms with Gasteiger partial charge >= 0.3 is 0 Å². The highest BCUT2D eigenvalue weighted by molar-refractivity contribution is 5.53. The summed E-state index contributed by atoms with van der Waals surface area (Å²) >= 11 is 0. The number of aromatic nitrogens is 3. The van der Waals surface area contributed by atoms with Gasteiger partial charge in [0.15, 0.2) is 0 Å². The topological polar surface area (TPSA) is 63.4 Å². The van der Waals surface area contributed by atoms with Crippen LogP contribution in [-0.4, -0.2) is 56.6 Å². The molecule has 4 aliphatic rings. The smallest absolute Gasteiger partial charge is 0.119 e. The van der Waals surface area contributed by atoms with Gasteiger partial charge in [0, 0.05) is 42.7 Å². The van der Waals surface area contributed by atoms with E-state index in [2.05, 4.69) is 45.8 Å². The van der Waals surface area contributed by atoms with Gasteiger partial charge in [-0.1, -0.05) is 6.07 Å². The van der Waals surface area contributed by atoms with Crippen molar-refractivity contribution in [2.45, 2.75) is 62.5 Å². The van der Waals surface area contributed by atoms with E-state index in [1.165, 1.54) is 35.2 Å². The highest BCUT2D eigenvalue weighted by atomic mass is 16.5. The number of likely N-dealkylation sites (tertiary alicyclic amines) is 1. The van der Waals surface area contributed by atoms with Gasteiger partial charge < -0.3 is 9.84 Å². The molecule has 34 heavy (non-hydrogen) atoms. The Morgan fingerprint density at radius 3 is 2.85 bits per heavy atom. The average Bonchev–Trinajstić information content (AvgIpc) is 3.62. The zero-order valence-electron chi connectivity index (χ0n) is 20.0. The molecule has 2 bridgehead atoms. The Hall–Kier alpha value is -2.70. The van der Waals surface area contributed by atoms with Crippen LogP contribution in [0.4, 0.5) is 0 Å². The predicted octanol–water partition coefficient (Wildman–Crippen LogP) is 3.39. The van der Waals surface area contributed by atoms with Crippen LogP contribution in [0.3, 0.4) is 0 Å². The maximum Gasteiger partial charge on any atom is 0.119 e. The molecule has 176 valence electrons. The van der Waals surface area contributed by atoms with Crippen molar-refractivity contribution in [1.29, 1.82) is 0 Å². The standard InChI is InChI=1S/C28H32N4O2/c1-18-23-14-28(33)26-12-20-7-8-22(34-2)13-24(20)27(28,9-11-31(26)17-19-5-6-19)15-25(23)32(30-18)21-4-3-10-29-16-21/h3-4,7-8,10,13,16,19,26,33H,5-6,9,11-12,14-15,17H2,1-2H3/t26-,27-,28-/m1/s1. The molecule has 3 atom stereocenters. The fourth-order valence-electron chi connectivity index (χ4n) is 7.25. The van der Waals surface area contributed by atoms with Crippen molar-refractivity contribution < 1.29 is 9.84 Å². The number of hydrogen-bond acceptors (Lipinski definition) is 5.